The first-order valence-corrected chi connectivity index (χ1v) is 11.2. The van der Waals surface area contributed by atoms with E-state index in [1.54, 1.807) is 12.3 Å². The van der Waals surface area contributed by atoms with Crippen LogP contribution in [-0.4, -0.2) is 33.9 Å². The Labute approximate surface area is 215 Å². The minimum Gasteiger partial charge on any atom is -0.489 e. The van der Waals surface area contributed by atoms with E-state index in [-0.39, 0.29) is 12.2 Å². The van der Waals surface area contributed by atoms with Crippen LogP contribution in [0.5, 0.6) is 5.75 Å². The van der Waals surface area contributed by atoms with Gasteiger partial charge in [-0.15, -0.1) is 0 Å². The number of alkyl halides is 3. The highest BCUT2D eigenvalue weighted by Crippen LogP contribution is 2.33. The van der Waals surface area contributed by atoms with Gasteiger partial charge >= 0.3 is 12.1 Å². The molecule has 1 aromatic heterocycles. The van der Waals surface area contributed by atoms with Crippen molar-refractivity contribution in [3.05, 3.63) is 102 Å². The molecule has 0 saturated carbocycles. The van der Waals surface area contributed by atoms with Crippen molar-refractivity contribution in [1.29, 1.82) is 0 Å². The molecule has 4 rings (SSSR count). The van der Waals surface area contributed by atoms with Crippen LogP contribution in [0.2, 0.25) is 0 Å². The summed E-state index contributed by atoms with van der Waals surface area (Å²) >= 11 is 0. The van der Waals surface area contributed by atoms with Crippen LogP contribution in [-0.2, 0) is 22.6 Å². The van der Waals surface area contributed by atoms with Crippen LogP contribution in [0.1, 0.15) is 21.5 Å². The zero-order chi connectivity index (χ0) is 27.9. The second-order valence-electron chi connectivity index (χ2n) is 8.04. The number of allylic oxidation sites excluding steroid dienone is 1. The summed E-state index contributed by atoms with van der Waals surface area (Å²) in [6.07, 6.45) is -1.79. The number of aromatic nitrogens is 1. The van der Waals surface area contributed by atoms with Crippen molar-refractivity contribution in [3.63, 3.8) is 0 Å². The van der Waals surface area contributed by atoms with Crippen LogP contribution < -0.4 is 10.5 Å². The second-order valence-corrected chi connectivity index (χ2v) is 8.04. The van der Waals surface area contributed by atoms with Gasteiger partial charge in [0.1, 0.15) is 12.4 Å². The lowest BCUT2D eigenvalue weighted by Crippen LogP contribution is -2.21. The number of halogens is 3. The number of H-pyrrole nitrogens is 1. The van der Waals surface area contributed by atoms with Crippen LogP contribution in [0.25, 0.3) is 22.0 Å². The summed E-state index contributed by atoms with van der Waals surface area (Å²) in [5.41, 5.74) is 10.3. The first-order chi connectivity index (χ1) is 18.0. The van der Waals surface area contributed by atoms with Crippen LogP contribution in [0.4, 0.5) is 13.2 Å². The fourth-order valence-corrected chi connectivity index (χ4v) is 3.63. The Bertz CT molecular complexity index is 1480. The number of carboxylic acids is 1. The summed E-state index contributed by atoms with van der Waals surface area (Å²) < 4.78 is 37.8. The third-order valence-electron chi connectivity index (χ3n) is 5.43. The van der Waals surface area contributed by atoms with E-state index < -0.39 is 18.1 Å². The number of ketones is 1. The van der Waals surface area contributed by atoms with Crippen molar-refractivity contribution in [3.8, 4) is 16.9 Å². The molecular formula is C28H23F3N2O5. The minimum absolute atomic E-state index is 0.0856. The highest BCUT2D eigenvalue weighted by atomic mass is 19.4. The monoisotopic (exact) mass is 524 g/mol. The number of amides is 1. The lowest BCUT2D eigenvalue weighted by atomic mass is 9.96. The van der Waals surface area contributed by atoms with E-state index in [2.05, 4.69) is 11.6 Å². The van der Waals surface area contributed by atoms with Gasteiger partial charge < -0.3 is 20.6 Å². The number of aromatic amines is 1. The van der Waals surface area contributed by atoms with Crippen molar-refractivity contribution >= 4 is 28.6 Å². The molecule has 0 atom stereocenters. The van der Waals surface area contributed by atoms with Gasteiger partial charge in [0, 0.05) is 23.6 Å². The lowest BCUT2D eigenvalue weighted by molar-refractivity contribution is -0.192. The van der Waals surface area contributed by atoms with Gasteiger partial charge in [-0.05, 0) is 47.0 Å². The van der Waals surface area contributed by atoms with Gasteiger partial charge in [-0.25, -0.2) is 4.79 Å². The second kappa shape index (κ2) is 11.9. The molecule has 4 N–H and O–H groups in total. The first-order valence-electron chi connectivity index (χ1n) is 11.2. The molecule has 0 fully saturated rings. The maximum atomic E-state index is 12.1. The van der Waals surface area contributed by atoms with Gasteiger partial charge in [-0.3, -0.25) is 9.59 Å². The molecule has 0 saturated heterocycles. The number of aliphatic carboxylic acids is 1. The van der Waals surface area contributed by atoms with Crippen molar-refractivity contribution < 1.29 is 37.4 Å². The quantitative estimate of drug-likeness (QED) is 0.265. The zero-order valence-electron chi connectivity index (χ0n) is 19.9. The van der Waals surface area contributed by atoms with Crippen molar-refractivity contribution in [2.75, 3.05) is 0 Å². The lowest BCUT2D eigenvalue weighted by Gasteiger charge is -2.14. The molecule has 0 aliphatic carbocycles. The van der Waals surface area contributed by atoms with Crippen molar-refractivity contribution in [2.45, 2.75) is 19.2 Å². The summed E-state index contributed by atoms with van der Waals surface area (Å²) in [5, 5.41) is 8.01. The molecule has 196 valence electrons. The smallest absolute Gasteiger partial charge is 0.489 e. The largest absolute Gasteiger partial charge is 0.490 e. The Balaban J connectivity index is 0.000000505. The summed E-state index contributed by atoms with van der Waals surface area (Å²) in [6.45, 7) is 3.99. The maximum absolute atomic E-state index is 12.1. The molecule has 4 aromatic rings. The summed E-state index contributed by atoms with van der Waals surface area (Å²) in [6, 6.07) is 21.1. The first kappa shape index (κ1) is 27.7. The van der Waals surface area contributed by atoms with Gasteiger partial charge in [-0.2, -0.15) is 13.2 Å². The number of ether oxygens (including phenoxy) is 1. The zero-order valence-corrected chi connectivity index (χ0v) is 19.9. The number of nitrogens with one attached hydrogen (secondary N) is 1. The molecule has 38 heavy (non-hydrogen) atoms. The topological polar surface area (TPSA) is 122 Å². The van der Waals surface area contributed by atoms with Crippen molar-refractivity contribution in [2.24, 2.45) is 5.73 Å². The molecule has 10 heteroatoms. The van der Waals surface area contributed by atoms with Gasteiger partial charge in [0.2, 0.25) is 0 Å². The van der Waals surface area contributed by atoms with Gasteiger partial charge in [-0.1, -0.05) is 49.0 Å². The molecule has 0 bridgehead atoms. The molecule has 0 radical (unpaired) electrons. The molecule has 3 aromatic carbocycles. The van der Waals surface area contributed by atoms with Crippen LogP contribution in [0.15, 0.2) is 85.6 Å². The van der Waals surface area contributed by atoms with E-state index in [4.69, 9.17) is 20.4 Å². The predicted molar refractivity (Wildman–Crippen MR) is 136 cm³/mol. The van der Waals surface area contributed by atoms with E-state index in [0.717, 1.165) is 27.6 Å². The Morgan fingerprint density at radius 1 is 1.03 bits per heavy atom. The maximum Gasteiger partial charge on any atom is 0.490 e. The number of primary amides is 1. The Hall–Kier alpha value is -4.86. The van der Waals surface area contributed by atoms with E-state index in [9.17, 15) is 22.8 Å². The number of hydrogen-bond donors (Lipinski definition) is 3. The third-order valence-corrected chi connectivity index (χ3v) is 5.43. The summed E-state index contributed by atoms with van der Waals surface area (Å²) in [4.78, 5) is 35.8. The average molecular weight is 524 g/mol. The van der Waals surface area contributed by atoms with E-state index in [1.807, 2.05) is 60.7 Å². The van der Waals surface area contributed by atoms with E-state index in [0.29, 0.717) is 23.4 Å². The number of benzene rings is 3. The number of carbonyl (C=O) groups excluding carboxylic acids is 2. The highest BCUT2D eigenvalue weighted by Gasteiger charge is 2.38. The summed E-state index contributed by atoms with van der Waals surface area (Å²) in [7, 11) is 0. The van der Waals surface area contributed by atoms with Crippen LogP contribution in [0, 0.1) is 0 Å². The highest BCUT2D eigenvalue weighted by molar-refractivity contribution is 6.09. The number of carboxylic acid groups (broad SMARTS) is 1. The number of nitrogens with two attached hydrogens (primary N) is 1. The van der Waals surface area contributed by atoms with Gasteiger partial charge in [0.05, 0.1) is 11.1 Å². The Morgan fingerprint density at radius 3 is 2.32 bits per heavy atom. The molecule has 0 unspecified atom stereocenters. The third kappa shape index (κ3) is 6.88. The average Bonchev–Trinajstić information content (AvgIpc) is 3.37. The standard InChI is InChI=1S/C26H22N2O3.C2HF3O2/c1-2-20(29)15-19-14-18(8-11-24(19)31-16-17-6-4-3-5-7-17)21-9-10-23(26(27)30)25-22(21)12-13-28-25;3-2(4,5)1(6)7/h2-14,28H,1,15-16H2,(H2,27,30);(H,6,7). The fourth-order valence-electron chi connectivity index (χ4n) is 3.63. The van der Waals surface area contributed by atoms with Crippen LogP contribution >= 0.6 is 0 Å². The number of hydrogen-bond acceptors (Lipinski definition) is 4. The molecule has 7 nitrogen and oxygen atoms in total. The molecule has 1 amide bonds. The number of fused-ring (bicyclic) bond motifs is 1. The number of rotatable bonds is 8. The normalized spacial score (nSPS) is 10.8. The Morgan fingerprint density at radius 2 is 1.71 bits per heavy atom. The summed E-state index contributed by atoms with van der Waals surface area (Å²) in [5.74, 6) is -2.67. The predicted octanol–water partition coefficient (Wildman–Crippen LogP) is 5.44. The van der Waals surface area contributed by atoms with E-state index in [1.165, 1.54) is 6.08 Å². The Kier molecular flexibility index (Phi) is 8.69. The molecule has 1 heterocycles. The SMILES string of the molecule is C=CC(=O)Cc1cc(-c2ccc(C(N)=O)c3[nH]ccc23)ccc1OCc1ccccc1.O=C(O)C(F)(F)F. The molecular weight excluding hydrogens is 501 g/mol. The van der Waals surface area contributed by atoms with E-state index >= 15 is 0 Å². The molecule has 0 aliphatic rings. The molecule has 0 spiro atoms. The number of carbonyl (C=O) groups is 3. The van der Waals surface area contributed by atoms with Crippen molar-refractivity contribution in [1.82, 2.24) is 4.98 Å². The minimum atomic E-state index is -5.08. The molecule has 0 aliphatic heterocycles. The van der Waals surface area contributed by atoms with Gasteiger partial charge in [0.15, 0.2) is 5.78 Å². The van der Waals surface area contributed by atoms with Crippen LogP contribution in [0.3, 0.4) is 0 Å². The van der Waals surface area contributed by atoms with Gasteiger partial charge in [0.25, 0.3) is 5.91 Å². The fraction of sp³-hybridized carbons (Fsp3) is 0.107.